The van der Waals surface area contributed by atoms with Crippen LogP contribution in [0.5, 0.6) is 0 Å². The van der Waals surface area contributed by atoms with Crippen LogP contribution >= 0.6 is 0 Å². The average molecular weight is 109 g/mol. The lowest BCUT2D eigenvalue weighted by molar-refractivity contribution is 1.11. The quantitative estimate of drug-likeness (QED) is 0.478. The Balaban J connectivity index is 3.56. The molecular weight excluding hydrogens is 96.1 g/mol. The van der Waals surface area contributed by atoms with Crippen LogP contribution in [0.25, 0.3) is 0 Å². The molecule has 0 heteroatoms. The molecule has 0 unspecified atom stereocenters. The zero-order chi connectivity index (χ0) is 6.57. The summed E-state index contributed by atoms with van der Waals surface area (Å²) in [6.07, 6.45) is 3.02. The molecule has 0 aliphatic heterocycles. The summed E-state index contributed by atoms with van der Waals surface area (Å²) in [6.45, 7) is 11.5. The SMILES string of the molecule is [CH]=C(C)C/C(C)=C\C. The molecule has 0 atom stereocenters. The number of hydrogen-bond acceptors (Lipinski definition) is 0. The summed E-state index contributed by atoms with van der Waals surface area (Å²) >= 11 is 0. The fourth-order valence-corrected chi connectivity index (χ4v) is 0.542. The first kappa shape index (κ1) is 7.48. The van der Waals surface area contributed by atoms with E-state index in [0.717, 1.165) is 12.0 Å². The van der Waals surface area contributed by atoms with Gasteiger partial charge in [0, 0.05) is 0 Å². The Morgan fingerprint density at radius 1 is 1.50 bits per heavy atom. The van der Waals surface area contributed by atoms with Crippen LogP contribution in [0.4, 0.5) is 0 Å². The molecule has 0 bridgehead atoms. The van der Waals surface area contributed by atoms with Crippen molar-refractivity contribution in [3.8, 4) is 0 Å². The summed E-state index contributed by atoms with van der Waals surface area (Å²) in [7, 11) is 0. The molecule has 0 N–H and O–H groups in total. The summed E-state index contributed by atoms with van der Waals surface area (Å²) in [5.74, 6) is 0. The third-order valence-corrected chi connectivity index (χ3v) is 1.05. The third-order valence-electron chi connectivity index (χ3n) is 1.05. The monoisotopic (exact) mass is 109 g/mol. The van der Waals surface area contributed by atoms with Crippen molar-refractivity contribution in [2.75, 3.05) is 0 Å². The maximum atomic E-state index is 5.44. The van der Waals surface area contributed by atoms with Gasteiger partial charge in [-0.15, -0.1) is 0 Å². The molecule has 0 rings (SSSR count). The normalized spacial score (nSPS) is 11.6. The topological polar surface area (TPSA) is 0 Å². The van der Waals surface area contributed by atoms with Gasteiger partial charge in [0.25, 0.3) is 0 Å². The van der Waals surface area contributed by atoms with Gasteiger partial charge in [0.1, 0.15) is 0 Å². The van der Waals surface area contributed by atoms with Crippen molar-refractivity contribution in [3.63, 3.8) is 0 Å². The van der Waals surface area contributed by atoms with E-state index in [-0.39, 0.29) is 0 Å². The molecule has 0 aliphatic rings. The van der Waals surface area contributed by atoms with E-state index in [1.807, 2.05) is 13.8 Å². The molecule has 8 heavy (non-hydrogen) atoms. The molecule has 0 spiro atoms. The summed E-state index contributed by atoms with van der Waals surface area (Å²) in [5.41, 5.74) is 2.32. The molecule has 0 nitrogen and oxygen atoms in total. The predicted octanol–water partition coefficient (Wildman–Crippen LogP) is 2.72. The zero-order valence-electron chi connectivity index (χ0n) is 5.86. The maximum Gasteiger partial charge on any atom is -0.0111 e. The standard InChI is InChI=1S/C8H13/c1-5-8(4)6-7(2)3/h2,5H,6H2,1,3-4H3/b7-2?,8-5-. The highest BCUT2D eigenvalue weighted by atomic mass is 13.9. The van der Waals surface area contributed by atoms with Gasteiger partial charge in [0.15, 0.2) is 0 Å². The van der Waals surface area contributed by atoms with E-state index >= 15 is 0 Å². The number of allylic oxidation sites excluding steroid dienone is 3. The van der Waals surface area contributed by atoms with Gasteiger partial charge in [0.2, 0.25) is 0 Å². The molecular formula is C8H13. The maximum absolute atomic E-state index is 5.44. The molecule has 45 valence electrons. The van der Waals surface area contributed by atoms with E-state index < -0.39 is 0 Å². The van der Waals surface area contributed by atoms with E-state index in [4.69, 9.17) is 6.58 Å². The van der Waals surface area contributed by atoms with Crippen molar-refractivity contribution < 1.29 is 0 Å². The van der Waals surface area contributed by atoms with Crippen molar-refractivity contribution in [3.05, 3.63) is 23.8 Å². The van der Waals surface area contributed by atoms with Gasteiger partial charge in [0.05, 0.1) is 0 Å². The predicted molar refractivity (Wildman–Crippen MR) is 37.5 cm³/mol. The van der Waals surface area contributed by atoms with Crippen LogP contribution in [-0.2, 0) is 0 Å². The highest BCUT2D eigenvalue weighted by Crippen LogP contribution is 2.05. The fraction of sp³-hybridized carbons (Fsp3) is 0.500. The number of rotatable bonds is 2. The van der Waals surface area contributed by atoms with Crippen molar-refractivity contribution in [2.24, 2.45) is 0 Å². The van der Waals surface area contributed by atoms with Crippen LogP contribution in [0.1, 0.15) is 27.2 Å². The van der Waals surface area contributed by atoms with Gasteiger partial charge in [-0.25, -0.2) is 0 Å². The second-order valence-corrected chi connectivity index (χ2v) is 2.16. The fourth-order valence-electron chi connectivity index (χ4n) is 0.542. The largest absolute Gasteiger partial charge is 0.0884 e. The molecule has 0 aromatic heterocycles. The first-order chi connectivity index (χ1) is 3.66. The molecule has 0 saturated heterocycles. The molecule has 0 saturated carbocycles. The van der Waals surface area contributed by atoms with Crippen LogP contribution in [0.15, 0.2) is 17.2 Å². The van der Waals surface area contributed by atoms with Gasteiger partial charge < -0.3 is 0 Å². The number of hydrogen-bond donors (Lipinski definition) is 0. The lowest BCUT2D eigenvalue weighted by Gasteiger charge is -1.95. The first-order valence-corrected chi connectivity index (χ1v) is 2.86. The lowest BCUT2D eigenvalue weighted by atomic mass is 10.1. The second-order valence-electron chi connectivity index (χ2n) is 2.16. The van der Waals surface area contributed by atoms with E-state index in [2.05, 4.69) is 13.0 Å². The smallest absolute Gasteiger partial charge is 0.0111 e. The van der Waals surface area contributed by atoms with Gasteiger partial charge in [-0.2, -0.15) is 0 Å². The van der Waals surface area contributed by atoms with Gasteiger partial charge in [-0.3, -0.25) is 0 Å². The zero-order valence-corrected chi connectivity index (χ0v) is 5.86. The minimum atomic E-state index is 0.941. The minimum Gasteiger partial charge on any atom is -0.0884 e. The highest BCUT2D eigenvalue weighted by molar-refractivity contribution is 5.06. The van der Waals surface area contributed by atoms with Gasteiger partial charge in [-0.05, 0) is 27.2 Å². The summed E-state index contributed by atoms with van der Waals surface area (Å²) in [4.78, 5) is 0. The van der Waals surface area contributed by atoms with Crippen molar-refractivity contribution >= 4 is 0 Å². The van der Waals surface area contributed by atoms with Gasteiger partial charge in [-0.1, -0.05) is 23.8 Å². The van der Waals surface area contributed by atoms with E-state index in [1.54, 1.807) is 0 Å². The van der Waals surface area contributed by atoms with Crippen LogP contribution in [0.3, 0.4) is 0 Å². The van der Waals surface area contributed by atoms with Crippen LogP contribution in [0, 0.1) is 6.58 Å². The Morgan fingerprint density at radius 2 is 2.00 bits per heavy atom. The van der Waals surface area contributed by atoms with Crippen LogP contribution in [0.2, 0.25) is 0 Å². The van der Waals surface area contributed by atoms with E-state index in [0.29, 0.717) is 0 Å². The Hall–Kier alpha value is -0.520. The highest BCUT2D eigenvalue weighted by Gasteiger charge is 1.85. The van der Waals surface area contributed by atoms with Crippen LogP contribution < -0.4 is 0 Å². The summed E-state index contributed by atoms with van der Waals surface area (Å²) in [6, 6.07) is 0. The molecule has 0 heterocycles. The summed E-state index contributed by atoms with van der Waals surface area (Å²) < 4.78 is 0. The third kappa shape index (κ3) is 3.66. The Bertz CT molecular complexity index is 107. The Labute approximate surface area is 51.9 Å². The van der Waals surface area contributed by atoms with E-state index in [9.17, 15) is 0 Å². The van der Waals surface area contributed by atoms with E-state index in [1.165, 1.54) is 5.57 Å². The molecule has 0 aromatic carbocycles. The Morgan fingerprint density at radius 3 is 2.12 bits per heavy atom. The lowest BCUT2D eigenvalue weighted by Crippen LogP contribution is -1.75. The van der Waals surface area contributed by atoms with Crippen molar-refractivity contribution in [1.29, 1.82) is 0 Å². The van der Waals surface area contributed by atoms with Gasteiger partial charge >= 0.3 is 0 Å². The minimum absolute atomic E-state index is 0.941. The summed E-state index contributed by atoms with van der Waals surface area (Å²) in [5, 5.41) is 0. The molecule has 0 fully saturated rings. The molecule has 0 amide bonds. The van der Waals surface area contributed by atoms with Crippen molar-refractivity contribution in [2.45, 2.75) is 27.2 Å². The van der Waals surface area contributed by atoms with Crippen molar-refractivity contribution in [1.82, 2.24) is 0 Å². The molecule has 0 aromatic rings. The van der Waals surface area contributed by atoms with Crippen LogP contribution in [-0.4, -0.2) is 0 Å². The Kier molecular flexibility index (Phi) is 3.25. The average Bonchev–Trinajstić information content (AvgIpc) is 1.65. The molecule has 0 aliphatic carbocycles. The second kappa shape index (κ2) is 3.48. The first-order valence-electron chi connectivity index (χ1n) is 2.86. The molecule has 1 radical (unpaired) electrons.